The maximum Gasteiger partial charge on any atom is 0.306 e. The Balaban J connectivity index is 2.04. The molecule has 2 aliphatic rings. The number of piperidine rings is 1. The molecule has 0 radical (unpaired) electrons. The Morgan fingerprint density at radius 3 is 3.07 bits per heavy atom. The molecule has 2 fully saturated rings. The first-order chi connectivity index (χ1) is 7.11. The Morgan fingerprint density at radius 2 is 2.40 bits per heavy atom. The zero-order chi connectivity index (χ0) is 10.9. The first-order valence-electron chi connectivity index (χ1n) is 5.67. The number of likely N-dealkylation sites (tertiary alicyclic amines) is 1. The first kappa shape index (κ1) is 11.3. The van der Waals surface area contributed by atoms with Crippen LogP contribution < -0.4 is 0 Å². The normalized spacial score (nSPS) is 38.1. The summed E-state index contributed by atoms with van der Waals surface area (Å²) in [7, 11) is 2.14. The lowest BCUT2D eigenvalue weighted by Crippen LogP contribution is -2.48. The van der Waals surface area contributed by atoms with Gasteiger partial charge < -0.3 is 10.0 Å². The average molecular weight is 229 g/mol. The molecule has 0 aromatic heterocycles. The van der Waals surface area contributed by atoms with Gasteiger partial charge in [-0.1, -0.05) is 0 Å². The molecule has 15 heavy (non-hydrogen) atoms. The van der Waals surface area contributed by atoms with Gasteiger partial charge in [-0.25, -0.2) is 0 Å². The van der Waals surface area contributed by atoms with Crippen LogP contribution in [-0.4, -0.2) is 46.6 Å². The first-order valence-corrected chi connectivity index (χ1v) is 6.65. The summed E-state index contributed by atoms with van der Waals surface area (Å²) >= 11 is 2.01. The van der Waals surface area contributed by atoms with Crippen molar-refractivity contribution in [3.63, 3.8) is 0 Å². The van der Waals surface area contributed by atoms with Crippen molar-refractivity contribution in [2.75, 3.05) is 25.9 Å². The standard InChI is InChI=1S/C11H19NO2S/c1-12-5-2-4-11(8-12)7-9(10(13)14)3-6-15-11/h9H,2-8H2,1H3,(H,13,14). The average Bonchev–Trinajstić information content (AvgIpc) is 2.17. The highest BCUT2D eigenvalue weighted by atomic mass is 32.2. The number of thioether (sulfide) groups is 1. The van der Waals surface area contributed by atoms with E-state index < -0.39 is 5.97 Å². The maximum atomic E-state index is 11.0. The maximum absolute atomic E-state index is 11.0. The smallest absolute Gasteiger partial charge is 0.306 e. The van der Waals surface area contributed by atoms with Crippen LogP contribution in [0.2, 0.25) is 0 Å². The molecule has 4 heteroatoms. The van der Waals surface area contributed by atoms with E-state index >= 15 is 0 Å². The second-order valence-electron chi connectivity index (χ2n) is 4.90. The number of nitrogens with zero attached hydrogens (tertiary/aromatic N) is 1. The van der Waals surface area contributed by atoms with Crippen LogP contribution in [0.4, 0.5) is 0 Å². The Labute approximate surface area is 95.2 Å². The van der Waals surface area contributed by atoms with Gasteiger partial charge in [0.05, 0.1) is 5.92 Å². The van der Waals surface area contributed by atoms with Crippen LogP contribution in [0, 0.1) is 5.92 Å². The van der Waals surface area contributed by atoms with E-state index in [0.29, 0.717) is 0 Å². The third kappa shape index (κ3) is 2.48. The van der Waals surface area contributed by atoms with Crippen molar-refractivity contribution < 1.29 is 9.90 Å². The second-order valence-corrected chi connectivity index (χ2v) is 6.46. The number of carboxylic acids is 1. The van der Waals surface area contributed by atoms with Crippen molar-refractivity contribution in [1.82, 2.24) is 4.90 Å². The predicted molar refractivity (Wildman–Crippen MR) is 62.3 cm³/mol. The van der Waals surface area contributed by atoms with Gasteiger partial charge in [-0.3, -0.25) is 4.79 Å². The summed E-state index contributed by atoms with van der Waals surface area (Å²) in [5.41, 5.74) is 0. The third-order valence-electron chi connectivity index (χ3n) is 3.57. The molecule has 0 aromatic carbocycles. The lowest BCUT2D eigenvalue weighted by atomic mass is 9.85. The van der Waals surface area contributed by atoms with Crippen molar-refractivity contribution in [3.05, 3.63) is 0 Å². The number of hydrogen-bond donors (Lipinski definition) is 1. The molecule has 1 spiro atoms. The van der Waals surface area contributed by atoms with Crippen molar-refractivity contribution in [1.29, 1.82) is 0 Å². The van der Waals surface area contributed by atoms with Crippen LogP contribution >= 0.6 is 11.8 Å². The zero-order valence-corrected chi connectivity index (χ0v) is 10.1. The molecule has 2 heterocycles. The quantitative estimate of drug-likeness (QED) is 0.742. The molecule has 86 valence electrons. The molecule has 0 amide bonds. The van der Waals surface area contributed by atoms with Crippen molar-refractivity contribution in [2.45, 2.75) is 30.4 Å². The van der Waals surface area contributed by atoms with Gasteiger partial charge in [-0.2, -0.15) is 11.8 Å². The fourth-order valence-corrected chi connectivity index (χ4v) is 4.60. The molecule has 0 saturated carbocycles. The number of rotatable bonds is 1. The molecule has 0 aliphatic carbocycles. The highest BCUT2D eigenvalue weighted by Crippen LogP contribution is 2.44. The van der Waals surface area contributed by atoms with Gasteiger partial charge in [-0.15, -0.1) is 0 Å². The highest BCUT2D eigenvalue weighted by Gasteiger charge is 2.41. The van der Waals surface area contributed by atoms with Crippen molar-refractivity contribution in [2.24, 2.45) is 5.92 Å². The topological polar surface area (TPSA) is 40.5 Å². The Kier molecular flexibility index (Phi) is 3.26. The van der Waals surface area contributed by atoms with Gasteiger partial charge in [-0.05, 0) is 45.0 Å². The van der Waals surface area contributed by atoms with Crippen LogP contribution in [0.15, 0.2) is 0 Å². The van der Waals surface area contributed by atoms with Crippen molar-refractivity contribution >= 4 is 17.7 Å². The number of aliphatic carboxylic acids is 1. The fourth-order valence-electron chi connectivity index (χ4n) is 2.84. The van der Waals surface area contributed by atoms with E-state index in [2.05, 4.69) is 11.9 Å². The highest BCUT2D eigenvalue weighted by molar-refractivity contribution is 8.00. The monoisotopic (exact) mass is 229 g/mol. The molecule has 0 aromatic rings. The van der Waals surface area contributed by atoms with Gasteiger partial charge in [0.2, 0.25) is 0 Å². The summed E-state index contributed by atoms with van der Waals surface area (Å²) in [5.74, 6) is 0.325. The molecule has 2 unspecified atom stereocenters. The van der Waals surface area contributed by atoms with Crippen LogP contribution in [0.5, 0.6) is 0 Å². The van der Waals surface area contributed by atoms with Crippen LogP contribution in [0.1, 0.15) is 25.7 Å². The van der Waals surface area contributed by atoms with Crippen LogP contribution in [0.3, 0.4) is 0 Å². The largest absolute Gasteiger partial charge is 0.481 e. The van der Waals surface area contributed by atoms with Gasteiger partial charge in [0.15, 0.2) is 0 Å². The minimum atomic E-state index is -0.595. The van der Waals surface area contributed by atoms with E-state index in [1.54, 1.807) is 0 Å². The SMILES string of the molecule is CN1CCCC2(CC(C(=O)O)CCS2)C1. The van der Waals surface area contributed by atoms with Gasteiger partial charge >= 0.3 is 5.97 Å². The zero-order valence-electron chi connectivity index (χ0n) is 9.24. The Hall–Kier alpha value is -0.220. The lowest BCUT2D eigenvalue weighted by molar-refractivity contribution is -0.142. The molecule has 3 nitrogen and oxygen atoms in total. The fraction of sp³-hybridized carbons (Fsp3) is 0.909. The summed E-state index contributed by atoms with van der Waals surface area (Å²) < 4.78 is 0.244. The number of carbonyl (C=O) groups is 1. The minimum Gasteiger partial charge on any atom is -0.481 e. The van der Waals surface area contributed by atoms with Crippen LogP contribution in [-0.2, 0) is 4.79 Å². The summed E-state index contributed by atoms with van der Waals surface area (Å²) in [6, 6.07) is 0. The number of hydrogen-bond acceptors (Lipinski definition) is 3. The van der Waals surface area contributed by atoms with E-state index in [4.69, 9.17) is 5.11 Å². The summed E-state index contributed by atoms with van der Waals surface area (Å²) in [5, 5.41) is 9.10. The van der Waals surface area contributed by atoms with E-state index in [0.717, 1.165) is 25.1 Å². The molecule has 2 saturated heterocycles. The molecular formula is C11H19NO2S. The Bertz CT molecular complexity index is 255. The van der Waals surface area contributed by atoms with E-state index in [9.17, 15) is 4.79 Å². The lowest BCUT2D eigenvalue weighted by Gasteiger charge is -2.45. The van der Waals surface area contributed by atoms with E-state index in [1.807, 2.05) is 11.8 Å². The van der Waals surface area contributed by atoms with E-state index in [-0.39, 0.29) is 10.7 Å². The molecule has 1 N–H and O–H groups in total. The summed E-state index contributed by atoms with van der Waals surface area (Å²) in [6.07, 6.45) is 4.14. The molecule has 2 aliphatic heterocycles. The summed E-state index contributed by atoms with van der Waals surface area (Å²) in [6.45, 7) is 2.24. The number of carboxylic acid groups (broad SMARTS) is 1. The molecule has 2 atom stereocenters. The molecular weight excluding hydrogens is 210 g/mol. The van der Waals surface area contributed by atoms with Crippen molar-refractivity contribution in [3.8, 4) is 0 Å². The van der Waals surface area contributed by atoms with Gasteiger partial charge in [0.1, 0.15) is 0 Å². The molecule has 0 bridgehead atoms. The van der Waals surface area contributed by atoms with E-state index in [1.165, 1.54) is 19.4 Å². The molecule has 2 rings (SSSR count). The van der Waals surface area contributed by atoms with Crippen LogP contribution in [0.25, 0.3) is 0 Å². The third-order valence-corrected chi connectivity index (χ3v) is 5.12. The minimum absolute atomic E-state index is 0.0993. The summed E-state index contributed by atoms with van der Waals surface area (Å²) in [4.78, 5) is 13.4. The van der Waals surface area contributed by atoms with Gasteiger partial charge in [0, 0.05) is 11.3 Å². The predicted octanol–water partition coefficient (Wildman–Crippen LogP) is 1.68. The Morgan fingerprint density at radius 1 is 1.60 bits per heavy atom. The van der Waals surface area contributed by atoms with Gasteiger partial charge in [0.25, 0.3) is 0 Å². The second kappa shape index (κ2) is 4.34.